The average Bonchev–Trinajstić information content (AvgIpc) is 3.07. The van der Waals surface area contributed by atoms with Crippen molar-refractivity contribution in [3.63, 3.8) is 0 Å². The summed E-state index contributed by atoms with van der Waals surface area (Å²) in [6.07, 6.45) is 13.4. The SMILES string of the molecule is C=C(CCCCCCCCCCOc1ccc(C(=O)Oc2ccc(-c3ccc(OCCCCCC)cc3)cc2[N+](=O)[O-])cc1)C(=O)O. The first-order valence-corrected chi connectivity index (χ1v) is 16.7. The number of unbranched alkanes of at least 4 members (excludes halogenated alkanes) is 10. The number of rotatable bonds is 23. The number of carbonyl (C=O) groups is 2. The molecule has 0 aliphatic rings. The minimum Gasteiger partial charge on any atom is -0.494 e. The molecule has 0 aromatic heterocycles. The lowest BCUT2D eigenvalue weighted by Crippen LogP contribution is -2.10. The fourth-order valence-electron chi connectivity index (χ4n) is 5.03. The number of carboxylic acids is 1. The Hall–Kier alpha value is -4.66. The second kappa shape index (κ2) is 20.5. The van der Waals surface area contributed by atoms with Crippen LogP contribution in [0.3, 0.4) is 0 Å². The van der Waals surface area contributed by atoms with Crippen molar-refractivity contribution < 1.29 is 33.8 Å². The van der Waals surface area contributed by atoms with Gasteiger partial charge in [0.2, 0.25) is 5.75 Å². The lowest BCUT2D eigenvalue weighted by Gasteiger charge is -2.10. The molecule has 0 aliphatic heterocycles. The third kappa shape index (κ3) is 13.3. The molecule has 0 heterocycles. The lowest BCUT2D eigenvalue weighted by atomic mass is 10.0. The van der Waals surface area contributed by atoms with Crippen molar-refractivity contribution in [1.82, 2.24) is 0 Å². The van der Waals surface area contributed by atoms with Crippen LogP contribution in [0, 0.1) is 10.1 Å². The summed E-state index contributed by atoms with van der Waals surface area (Å²) in [6.45, 7) is 6.94. The summed E-state index contributed by atoms with van der Waals surface area (Å²) < 4.78 is 17.0. The van der Waals surface area contributed by atoms with E-state index in [4.69, 9.17) is 19.3 Å². The minimum absolute atomic E-state index is 0.125. The van der Waals surface area contributed by atoms with E-state index in [1.54, 1.807) is 30.3 Å². The predicted octanol–water partition coefficient (Wildman–Crippen LogP) is 9.97. The first-order chi connectivity index (χ1) is 22.8. The van der Waals surface area contributed by atoms with Crippen LogP contribution in [0.2, 0.25) is 0 Å². The van der Waals surface area contributed by atoms with Gasteiger partial charge in [-0.25, -0.2) is 9.59 Å². The molecular weight excluding hydrogens is 598 g/mol. The predicted molar refractivity (Wildman–Crippen MR) is 183 cm³/mol. The van der Waals surface area contributed by atoms with Gasteiger partial charge in [0.15, 0.2) is 0 Å². The number of carboxylic acid groups (broad SMARTS) is 1. The van der Waals surface area contributed by atoms with Crippen molar-refractivity contribution in [2.75, 3.05) is 13.2 Å². The molecule has 47 heavy (non-hydrogen) atoms. The van der Waals surface area contributed by atoms with Gasteiger partial charge in [-0.1, -0.05) is 89.5 Å². The summed E-state index contributed by atoms with van der Waals surface area (Å²) in [4.78, 5) is 34.9. The van der Waals surface area contributed by atoms with E-state index in [2.05, 4.69) is 13.5 Å². The van der Waals surface area contributed by atoms with Crippen LogP contribution in [-0.4, -0.2) is 35.2 Å². The van der Waals surface area contributed by atoms with Crippen molar-refractivity contribution in [3.05, 3.63) is 94.6 Å². The van der Waals surface area contributed by atoms with Gasteiger partial charge in [0.1, 0.15) is 11.5 Å². The third-order valence-corrected chi connectivity index (χ3v) is 7.85. The quantitative estimate of drug-likeness (QED) is 0.0270. The van der Waals surface area contributed by atoms with Crippen molar-refractivity contribution in [1.29, 1.82) is 0 Å². The van der Waals surface area contributed by atoms with E-state index in [1.165, 1.54) is 25.0 Å². The monoisotopic (exact) mass is 645 g/mol. The third-order valence-electron chi connectivity index (χ3n) is 7.85. The Bertz CT molecular complexity index is 1430. The molecule has 3 aromatic rings. The number of benzene rings is 3. The van der Waals surface area contributed by atoms with Crippen molar-refractivity contribution in [2.45, 2.75) is 90.4 Å². The molecule has 0 aliphatic carbocycles. The van der Waals surface area contributed by atoms with E-state index < -0.39 is 16.9 Å². The highest BCUT2D eigenvalue weighted by Crippen LogP contribution is 2.33. The summed E-state index contributed by atoms with van der Waals surface area (Å²) in [7, 11) is 0. The van der Waals surface area contributed by atoms with Crippen LogP contribution < -0.4 is 14.2 Å². The van der Waals surface area contributed by atoms with Gasteiger partial charge in [0.25, 0.3) is 0 Å². The van der Waals surface area contributed by atoms with Crippen LogP contribution in [0.1, 0.15) is 101 Å². The van der Waals surface area contributed by atoms with E-state index in [0.29, 0.717) is 30.9 Å². The molecule has 0 saturated carbocycles. The molecule has 0 amide bonds. The van der Waals surface area contributed by atoms with E-state index >= 15 is 0 Å². The first-order valence-electron chi connectivity index (χ1n) is 16.7. The number of esters is 1. The van der Waals surface area contributed by atoms with Crippen LogP contribution in [0.5, 0.6) is 17.2 Å². The zero-order chi connectivity index (χ0) is 33.9. The molecule has 0 saturated heterocycles. The number of aliphatic carboxylic acids is 1. The zero-order valence-corrected chi connectivity index (χ0v) is 27.4. The van der Waals surface area contributed by atoms with Crippen LogP contribution in [-0.2, 0) is 4.79 Å². The molecule has 0 fully saturated rings. The fourth-order valence-corrected chi connectivity index (χ4v) is 5.03. The highest BCUT2D eigenvalue weighted by Gasteiger charge is 2.20. The van der Waals surface area contributed by atoms with Gasteiger partial charge in [0.05, 0.1) is 23.7 Å². The second-order valence-electron chi connectivity index (χ2n) is 11.6. The highest BCUT2D eigenvalue weighted by atomic mass is 16.6. The van der Waals surface area contributed by atoms with Crippen molar-refractivity contribution in [3.8, 4) is 28.4 Å². The summed E-state index contributed by atoms with van der Waals surface area (Å²) in [5.41, 5.74) is 1.66. The number of hydrogen-bond acceptors (Lipinski definition) is 7. The second-order valence-corrected chi connectivity index (χ2v) is 11.6. The molecule has 9 heteroatoms. The Morgan fingerprint density at radius 1 is 0.723 bits per heavy atom. The van der Waals surface area contributed by atoms with E-state index in [-0.39, 0.29) is 22.6 Å². The van der Waals surface area contributed by atoms with Crippen molar-refractivity contribution >= 4 is 17.6 Å². The normalized spacial score (nSPS) is 10.7. The number of nitrogens with zero attached hydrogens (tertiary/aromatic N) is 1. The Morgan fingerprint density at radius 2 is 1.23 bits per heavy atom. The molecule has 0 spiro atoms. The zero-order valence-electron chi connectivity index (χ0n) is 27.4. The molecule has 252 valence electrons. The maximum atomic E-state index is 12.8. The lowest BCUT2D eigenvalue weighted by molar-refractivity contribution is -0.385. The number of nitro groups is 1. The summed E-state index contributed by atoms with van der Waals surface area (Å²) in [6, 6.07) is 18.5. The minimum atomic E-state index is -0.909. The molecule has 0 atom stereocenters. The molecule has 0 bridgehead atoms. The maximum Gasteiger partial charge on any atom is 0.343 e. The molecule has 0 radical (unpaired) electrons. The van der Waals surface area contributed by atoms with Crippen LogP contribution in [0.15, 0.2) is 78.9 Å². The molecule has 3 aromatic carbocycles. The Labute approximate surface area is 277 Å². The standard InChI is InChI=1S/C38H47NO8/c1-3-4-5-13-26-45-33-21-16-30(17-22-33)32-20-25-36(35(28-32)39(43)44)47-38(42)31-18-23-34(24-19-31)46-27-14-11-9-7-6-8-10-12-15-29(2)37(40)41/h16-25,28H,2-15,26-27H2,1H3,(H,40,41). The van der Waals surface area contributed by atoms with Crippen LogP contribution >= 0.6 is 0 Å². The van der Waals surface area contributed by atoms with Gasteiger partial charge < -0.3 is 19.3 Å². The Kier molecular flexibility index (Phi) is 16.0. The van der Waals surface area contributed by atoms with Gasteiger partial charge in [-0.3, -0.25) is 10.1 Å². The Morgan fingerprint density at radius 3 is 1.79 bits per heavy atom. The Balaban J connectivity index is 1.40. The van der Waals surface area contributed by atoms with Gasteiger partial charge >= 0.3 is 17.6 Å². The molecule has 1 N–H and O–H groups in total. The van der Waals surface area contributed by atoms with Crippen LogP contribution in [0.4, 0.5) is 5.69 Å². The number of carbonyl (C=O) groups excluding carboxylic acids is 1. The molecule has 0 unspecified atom stereocenters. The topological polar surface area (TPSA) is 125 Å². The highest BCUT2D eigenvalue weighted by molar-refractivity contribution is 5.92. The number of ether oxygens (including phenoxy) is 3. The smallest absolute Gasteiger partial charge is 0.343 e. The van der Waals surface area contributed by atoms with E-state index in [9.17, 15) is 19.7 Å². The first kappa shape index (κ1) is 36.8. The summed E-state index contributed by atoms with van der Waals surface area (Å²) in [5, 5.41) is 20.7. The van der Waals surface area contributed by atoms with Gasteiger partial charge in [-0.05, 0) is 79.3 Å². The average molecular weight is 646 g/mol. The largest absolute Gasteiger partial charge is 0.494 e. The maximum absolute atomic E-state index is 12.8. The van der Waals surface area contributed by atoms with E-state index in [0.717, 1.165) is 75.5 Å². The fraction of sp³-hybridized carbons (Fsp3) is 0.421. The van der Waals surface area contributed by atoms with Gasteiger partial charge in [-0.2, -0.15) is 0 Å². The summed E-state index contributed by atoms with van der Waals surface area (Å²) >= 11 is 0. The summed E-state index contributed by atoms with van der Waals surface area (Å²) in [5.74, 6) is -0.346. The molecule has 9 nitrogen and oxygen atoms in total. The van der Waals surface area contributed by atoms with Crippen molar-refractivity contribution in [2.24, 2.45) is 0 Å². The number of hydrogen-bond donors (Lipinski definition) is 1. The van der Waals surface area contributed by atoms with Gasteiger partial charge in [-0.15, -0.1) is 0 Å². The van der Waals surface area contributed by atoms with Gasteiger partial charge in [0, 0.05) is 11.6 Å². The van der Waals surface area contributed by atoms with Crippen LogP contribution in [0.25, 0.3) is 11.1 Å². The number of nitro benzene ring substituents is 1. The van der Waals surface area contributed by atoms with E-state index in [1.807, 2.05) is 24.3 Å². The molecular formula is C38H47NO8. The molecule has 3 rings (SSSR count).